The lowest BCUT2D eigenvalue weighted by molar-refractivity contribution is 0.0687. The Labute approximate surface area is 111 Å². The first-order valence-electron chi connectivity index (χ1n) is 4.92. The van der Waals surface area contributed by atoms with Gasteiger partial charge >= 0.3 is 5.97 Å². The lowest BCUT2D eigenvalue weighted by Gasteiger charge is -2.03. The first-order valence-corrected chi connectivity index (χ1v) is 7.29. The molecule has 0 radical (unpaired) electrons. The van der Waals surface area contributed by atoms with Crippen LogP contribution in [0.1, 0.15) is 16.4 Å². The Morgan fingerprint density at radius 1 is 1.47 bits per heavy atom. The van der Waals surface area contributed by atoms with Crippen molar-refractivity contribution >= 4 is 27.3 Å². The minimum Gasteiger partial charge on any atom is -0.476 e. The van der Waals surface area contributed by atoms with E-state index in [0.717, 1.165) is 16.8 Å². The van der Waals surface area contributed by atoms with Gasteiger partial charge in [0.25, 0.3) is 10.0 Å². The molecule has 2 rings (SSSR count). The van der Waals surface area contributed by atoms with Gasteiger partial charge in [0, 0.05) is 13.0 Å². The highest BCUT2D eigenvalue weighted by Crippen LogP contribution is 2.19. The predicted octanol–water partition coefficient (Wildman–Crippen LogP) is -0.255. The van der Waals surface area contributed by atoms with E-state index in [2.05, 4.69) is 19.8 Å². The van der Waals surface area contributed by atoms with Crippen molar-refractivity contribution in [2.24, 2.45) is 0 Å². The number of thiazole rings is 1. The summed E-state index contributed by atoms with van der Waals surface area (Å²) in [4.78, 5) is 18.0. The molecule has 11 heteroatoms. The third-order valence-electron chi connectivity index (χ3n) is 2.02. The lowest BCUT2D eigenvalue weighted by atomic mass is 10.4. The van der Waals surface area contributed by atoms with Crippen LogP contribution in [0.15, 0.2) is 20.6 Å². The summed E-state index contributed by atoms with van der Waals surface area (Å²) in [5.41, 5.74) is 0.672. The van der Waals surface area contributed by atoms with Gasteiger partial charge in [-0.1, -0.05) is 5.16 Å². The van der Waals surface area contributed by atoms with Crippen LogP contribution in [0.5, 0.6) is 0 Å². The molecule has 0 saturated carbocycles. The van der Waals surface area contributed by atoms with Gasteiger partial charge in [-0.3, -0.25) is 0 Å². The van der Waals surface area contributed by atoms with Crippen LogP contribution in [0.25, 0.3) is 0 Å². The maximum atomic E-state index is 11.9. The van der Waals surface area contributed by atoms with Gasteiger partial charge in [-0.25, -0.2) is 22.9 Å². The van der Waals surface area contributed by atoms with E-state index in [1.165, 1.54) is 6.33 Å². The molecular formula is C8H8N4O5S2. The predicted molar refractivity (Wildman–Crippen MR) is 62.3 cm³/mol. The number of carbonyl (C=O) groups is 1. The SMILES string of the molecule is O=C(O)c1ncsc1S(=O)(=O)NCCc1ncno1. The molecule has 2 N–H and O–H groups in total. The van der Waals surface area contributed by atoms with Crippen molar-refractivity contribution in [1.82, 2.24) is 19.8 Å². The third kappa shape index (κ3) is 3.13. The monoisotopic (exact) mass is 304 g/mol. The van der Waals surface area contributed by atoms with E-state index in [9.17, 15) is 13.2 Å². The molecule has 0 aliphatic carbocycles. The van der Waals surface area contributed by atoms with Gasteiger partial charge in [-0.05, 0) is 0 Å². The van der Waals surface area contributed by atoms with E-state index < -0.39 is 21.7 Å². The Bertz CT molecular complexity index is 663. The van der Waals surface area contributed by atoms with Gasteiger partial charge in [0.15, 0.2) is 16.2 Å². The normalized spacial score (nSPS) is 11.6. The second-order valence-corrected chi connectivity index (χ2v) is 6.09. The van der Waals surface area contributed by atoms with Crippen LogP contribution in [0.4, 0.5) is 0 Å². The lowest BCUT2D eigenvalue weighted by Crippen LogP contribution is -2.26. The molecule has 2 aromatic rings. The van der Waals surface area contributed by atoms with E-state index in [0.29, 0.717) is 0 Å². The van der Waals surface area contributed by atoms with E-state index >= 15 is 0 Å². The van der Waals surface area contributed by atoms with E-state index in [4.69, 9.17) is 9.63 Å². The quantitative estimate of drug-likeness (QED) is 0.745. The van der Waals surface area contributed by atoms with Gasteiger partial charge in [0.2, 0.25) is 5.89 Å². The van der Waals surface area contributed by atoms with Gasteiger partial charge < -0.3 is 9.63 Å². The van der Waals surface area contributed by atoms with Crippen LogP contribution in [0, 0.1) is 0 Å². The number of hydrogen-bond donors (Lipinski definition) is 2. The first-order chi connectivity index (χ1) is 9.00. The van der Waals surface area contributed by atoms with Crippen LogP contribution < -0.4 is 4.72 Å². The molecule has 0 bridgehead atoms. The molecule has 0 amide bonds. The molecule has 9 nitrogen and oxygen atoms in total. The Morgan fingerprint density at radius 3 is 2.89 bits per heavy atom. The molecule has 0 atom stereocenters. The van der Waals surface area contributed by atoms with Crippen LogP contribution in [0.3, 0.4) is 0 Å². The molecule has 0 spiro atoms. The number of nitrogens with one attached hydrogen (secondary N) is 1. The number of sulfonamides is 1. The van der Waals surface area contributed by atoms with Crippen molar-refractivity contribution in [3.8, 4) is 0 Å². The summed E-state index contributed by atoms with van der Waals surface area (Å²) in [5, 5.41) is 12.2. The van der Waals surface area contributed by atoms with E-state index in [-0.39, 0.29) is 23.1 Å². The molecule has 0 saturated heterocycles. The van der Waals surface area contributed by atoms with Gasteiger partial charge in [0.05, 0.1) is 5.51 Å². The van der Waals surface area contributed by atoms with Crippen molar-refractivity contribution in [2.75, 3.05) is 6.54 Å². The van der Waals surface area contributed by atoms with Crippen LogP contribution >= 0.6 is 11.3 Å². The molecule has 0 unspecified atom stereocenters. The van der Waals surface area contributed by atoms with E-state index in [1.807, 2.05) is 0 Å². The molecule has 19 heavy (non-hydrogen) atoms. The zero-order chi connectivity index (χ0) is 13.9. The fourth-order valence-corrected chi connectivity index (χ4v) is 3.45. The number of rotatable bonds is 6. The maximum absolute atomic E-state index is 11.9. The Hall–Kier alpha value is -1.85. The van der Waals surface area contributed by atoms with Crippen molar-refractivity contribution in [1.29, 1.82) is 0 Å². The summed E-state index contributed by atoms with van der Waals surface area (Å²) in [6.45, 7) is 0.0154. The Balaban J connectivity index is 2.06. The highest BCUT2D eigenvalue weighted by atomic mass is 32.2. The number of aromatic carboxylic acids is 1. The second-order valence-electron chi connectivity index (χ2n) is 3.28. The minimum absolute atomic E-state index is 0.0154. The topological polar surface area (TPSA) is 135 Å². The highest BCUT2D eigenvalue weighted by molar-refractivity contribution is 7.91. The minimum atomic E-state index is -3.91. The van der Waals surface area contributed by atoms with Crippen molar-refractivity contribution in [2.45, 2.75) is 10.6 Å². The summed E-state index contributed by atoms with van der Waals surface area (Å²) in [6.07, 6.45) is 1.41. The average molecular weight is 304 g/mol. The number of carboxylic acids is 1. The standard InChI is InChI=1S/C8H8N4O5S2/c13-7(14)6-8(18-4-10-6)19(15,16)12-2-1-5-9-3-11-17-5/h3-4,12H,1-2H2,(H,13,14). The average Bonchev–Trinajstić information content (AvgIpc) is 2.99. The molecule has 0 aliphatic heterocycles. The number of nitrogens with zero attached hydrogens (tertiary/aromatic N) is 3. The summed E-state index contributed by atoms with van der Waals surface area (Å²) in [6, 6.07) is 0. The number of aromatic nitrogens is 3. The van der Waals surface area contributed by atoms with Crippen LogP contribution in [-0.4, -0.2) is 41.2 Å². The fourth-order valence-electron chi connectivity index (χ4n) is 1.23. The van der Waals surface area contributed by atoms with E-state index in [1.54, 1.807) is 0 Å². The number of carboxylic acid groups (broad SMARTS) is 1. The van der Waals surface area contributed by atoms with Crippen molar-refractivity contribution < 1.29 is 22.8 Å². The smallest absolute Gasteiger partial charge is 0.356 e. The van der Waals surface area contributed by atoms with Crippen LogP contribution in [0.2, 0.25) is 0 Å². The highest BCUT2D eigenvalue weighted by Gasteiger charge is 2.25. The summed E-state index contributed by atoms with van der Waals surface area (Å²) < 4.78 is 30.4. The van der Waals surface area contributed by atoms with Gasteiger partial charge in [0.1, 0.15) is 0 Å². The number of hydrogen-bond acceptors (Lipinski definition) is 8. The third-order valence-corrected chi connectivity index (χ3v) is 4.85. The second kappa shape index (κ2) is 5.42. The first kappa shape index (κ1) is 13.6. The van der Waals surface area contributed by atoms with Gasteiger partial charge in [-0.2, -0.15) is 4.98 Å². The zero-order valence-electron chi connectivity index (χ0n) is 9.31. The zero-order valence-corrected chi connectivity index (χ0v) is 10.9. The van der Waals surface area contributed by atoms with Crippen molar-refractivity contribution in [3.63, 3.8) is 0 Å². The van der Waals surface area contributed by atoms with Gasteiger partial charge in [-0.15, -0.1) is 11.3 Å². The van der Waals surface area contributed by atoms with Crippen LogP contribution in [-0.2, 0) is 16.4 Å². The molecule has 2 heterocycles. The summed E-state index contributed by atoms with van der Waals surface area (Å²) in [7, 11) is -3.91. The molecule has 0 aliphatic rings. The molecule has 2 aromatic heterocycles. The largest absolute Gasteiger partial charge is 0.476 e. The molecule has 0 aromatic carbocycles. The Morgan fingerprint density at radius 2 is 2.26 bits per heavy atom. The van der Waals surface area contributed by atoms with Crippen molar-refractivity contribution in [3.05, 3.63) is 23.4 Å². The Kier molecular flexibility index (Phi) is 3.87. The molecule has 0 fully saturated rings. The molecular weight excluding hydrogens is 296 g/mol. The molecule has 102 valence electrons. The summed E-state index contributed by atoms with van der Waals surface area (Å²) in [5.74, 6) is -1.11. The maximum Gasteiger partial charge on any atom is 0.356 e. The summed E-state index contributed by atoms with van der Waals surface area (Å²) >= 11 is 0.739. The fraction of sp³-hybridized carbons (Fsp3) is 0.250.